The molecule has 0 aliphatic rings. The summed E-state index contributed by atoms with van der Waals surface area (Å²) in [5.41, 5.74) is 1.00. The van der Waals surface area contributed by atoms with Gasteiger partial charge in [-0.15, -0.1) is 0 Å². The zero-order chi connectivity index (χ0) is 13.5. The van der Waals surface area contributed by atoms with Crippen molar-refractivity contribution < 1.29 is 19.4 Å². The Kier molecular flexibility index (Phi) is 5.65. The van der Waals surface area contributed by atoms with E-state index in [9.17, 15) is 9.90 Å². The first-order valence-electron chi connectivity index (χ1n) is 6.04. The van der Waals surface area contributed by atoms with Crippen LogP contribution >= 0.6 is 0 Å². The smallest absolute Gasteiger partial charge is 0.308 e. The van der Waals surface area contributed by atoms with E-state index < -0.39 is 6.10 Å². The quantitative estimate of drug-likeness (QED) is 0.786. The average molecular weight is 252 g/mol. The molecule has 4 nitrogen and oxygen atoms in total. The van der Waals surface area contributed by atoms with Crippen molar-refractivity contribution in [2.75, 3.05) is 13.2 Å². The Balaban J connectivity index is 2.31. The number of carbonyl (C=O) groups excluding carboxylic acids is 1. The van der Waals surface area contributed by atoms with Crippen LogP contribution in [0.5, 0.6) is 5.75 Å². The zero-order valence-corrected chi connectivity index (χ0v) is 11.1. The first-order chi connectivity index (χ1) is 8.50. The lowest BCUT2D eigenvalue weighted by atomic mass is 10.2. The molecule has 1 rings (SSSR count). The molecule has 0 aliphatic carbocycles. The number of benzene rings is 1. The maximum Gasteiger partial charge on any atom is 0.308 e. The highest BCUT2D eigenvalue weighted by atomic mass is 16.5. The Morgan fingerprint density at radius 1 is 1.28 bits per heavy atom. The minimum Gasteiger partial charge on any atom is -0.490 e. The third-order valence-electron chi connectivity index (χ3n) is 2.41. The molecule has 1 N–H and O–H groups in total. The molecule has 0 amide bonds. The predicted octanol–water partition coefficient (Wildman–Crippen LogP) is 1.93. The van der Waals surface area contributed by atoms with Gasteiger partial charge in [0.05, 0.1) is 5.92 Å². The summed E-state index contributed by atoms with van der Waals surface area (Å²) in [4.78, 5) is 11.2. The molecule has 1 unspecified atom stereocenters. The fourth-order valence-electron chi connectivity index (χ4n) is 1.30. The number of carbonyl (C=O) groups is 1. The van der Waals surface area contributed by atoms with Crippen LogP contribution in [0, 0.1) is 12.8 Å². The molecule has 18 heavy (non-hydrogen) atoms. The lowest BCUT2D eigenvalue weighted by Crippen LogP contribution is -2.26. The maximum absolute atomic E-state index is 11.2. The van der Waals surface area contributed by atoms with Crippen molar-refractivity contribution in [1.29, 1.82) is 0 Å². The second kappa shape index (κ2) is 7.01. The summed E-state index contributed by atoms with van der Waals surface area (Å²) in [6.07, 6.45) is -0.813. The van der Waals surface area contributed by atoms with E-state index in [0.717, 1.165) is 11.3 Å². The van der Waals surface area contributed by atoms with E-state index in [2.05, 4.69) is 0 Å². The first-order valence-corrected chi connectivity index (χ1v) is 6.04. The minimum atomic E-state index is -0.813. The van der Waals surface area contributed by atoms with Gasteiger partial charge in [-0.25, -0.2) is 0 Å². The van der Waals surface area contributed by atoms with Gasteiger partial charge in [0.15, 0.2) is 0 Å². The number of aliphatic hydroxyl groups excluding tert-OH is 1. The van der Waals surface area contributed by atoms with E-state index in [1.807, 2.05) is 31.2 Å². The fraction of sp³-hybridized carbons (Fsp3) is 0.500. The van der Waals surface area contributed by atoms with Gasteiger partial charge in [-0.05, 0) is 18.6 Å². The molecular formula is C14H20O4. The summed E-state index contributed by atoms with van der Waals surface area (Å²) < 4.78 is 10.4. The Morgan fingerprint density at radius 3 is 2.56 bits per heavy atom. The van der Waals surface area contributed by atoms with Crippen LogP contribution < -0.4 is 4.74 Å². The molecule has 1 aromatic rings. The molecule has 0 aromatic heterocycles. The minimum absolute atomic E-state index is 0.0388. The number of aryl methyl sites for hydroxylation is 1. The second-order valence-corrected chi connectivity index (χ2v) is 4.52. The molecule has 0 heterocycles. The summed E-state index contributed by atoms with van der Waals surface area (Å²) in [6, 6.07) is 7.55. The molecule has 100 valence electrons. The van der Waals surface area contributed by atoms with Crippen molar-refractivity contribution in [3.05, 3.63) is 29.8 Å². The van der Waals surface area contributed by atoms with Gasteiger partial charge < -0.3 is 14.6 Å². The molecule has 1 aromatic carbocycles. The van der Waals surface area contributed by atoms with Gasteiger partial charge >= 0.3 is 5.97 Å². The van der Waals surface area contributed by atoms with Crippen LogP contribution in [0.2, 0.25) is 0 Å². The Morgan fingerprint density at radius 2 is 1.94 bits per heavy atom. The van der Waals surface area contributed by atoms with E-state index >= 15 is 0 Å². The molecule has 4 heteroatoms. The van der Waals surface area contributed by atoms with Crippen LogP contribution in [0.1, 0.15) is 19.4 Å². The summed E-state index contributed by atoms with van der Waals surface area (Å²) in [5.74, 6) is 0.228. The highest BCUT2D eigenvalue weighted by molar-refractivity contribution is 5.71. The lowest BCUT2D eigenvalue weighted by Gasteiger charge is -2.14. The standard InChI is InChI=1S/C14H20O4/c1-10(2)14(16)18-9-12(15)8-17-13-7-5-4-6-11(13)3/h4-7,10,12,15H,8-9H2,1-3H3. The molecule has 0 bridgehead atoms. The second-order valence-electron chi connectivity index (χ2n) is 4.52. The van der Waals surface area contributed by atoms with Gasteiger partial charge in [-0.2, -0.15) is 0 Å². The monoisotopic (exact) mass is 252 g/mol. The molecule has 1 atom stereocenters. The molecule has 0 radical (unpaired) electrons. The van der Waals surface area contributed by atoms with Gasteiger partial charge in [0.1, 0.15) is 25.1 Å². The normalized spacial score (nSPS) is 12.3. The molecule has 0 aliphatic heterocycles. The van der Waals surface area contributed by atoms with Crippen LogP contribution in [0.25, 0.3) is 0 Å². The van der Waals surface area contributed by atoms with Gasteiger partial charge in [-0.3, -0.25) is 4.79 Å². The number of hydrogen-bond donors (Lipinski definition) is 1. The number of aliphatic hydroxyl groups is 1. The highest BCUT2D eigenvalue weighted by Gasteiger charge is 2.12. The van der Waals surface area contributed by atoms with Crippen LogP contribution in [-0.2, 0) is 9.53 Å². The van der Waals surface area contributed by atoms with Crippen molar-refractivity contribution in [2.24, 2.45) is 5.92 Å². The van der Waals surface area contributed by atoms with E-state index in [1.165, 1.54) is 0 Å². The third-order valence-corrected chi connectivity index (χ3v) is 2.41. The number of para-hydroxylation sites is 1. The van der Waals surface area contributed by atoms with Gasteiger partial charge in [0.25, 0.3) is 0 Å². The van der Waals surface area contributed by atoms with E-state index in [4.69, 9.17) is 9.47 Å². The zero-order valence-electron chi connectivity index (χ0n) is 11.1. The largest absolute Gasteiger partial charge is 0.490 e. The van der Waals surface area contributed by atoms with Crippen molar-refractivity contribution in [1.82, 2.24) is 0 Å². The lowest BCUT2D eigenvalue weighted by molar-refractivity contribution is -0.150. The maximum atomic E-state index is 11.2. The van der Waals surface area contributed by atoms with Crippen LogP contribution in [0.4, 0.5) is 0 Å². The van der Waals surface area contributed by atoms with E-state index in [1.54, 1.807) is 13.8 Å². The average Bonchev–Trinajstić information content (AvgIpc) is 2.34. The Labute approximate surface area is 108 Å². The number of ether oxygens (including phenoxy) is 2. The van der Waals surface area contributed by atoms with Crippen molar-refractivity contribution >= 4 is 5.97 Å². The van der Waals surface area contributed by atoms with Gasteiger partial charge in [0.2, 0.25) is 0 Å². The fourth-order valence-corrected chi connectivity index (χ4v) is 1.30. The van der Waals surface area contributed by atoms with E-state index in [0.29, 0.717) is 0 Å². The molecule has 0 saturated carbocycles. The van der Waals surface area contributed by atoms with Crippen LogP contribution in [-0.4, -0.2) is 30.4 Å². The first kappa shape index (κ1) is 14.5. The topological polar surface area (TPSA) is 55.8 Å². The molecule has 0 saturated heterocycles. The predicted molar refractivity (Wildman–Crippen MR) is 68.5 cm³/mol. The Hall–Kier alpha value is -1.55. The third kappa shape index (κ3) is 4.75. The summed E-state index contributed by atoms with van der Waals surface area (Å²) in [7, 11) is 0. The van der Waals surface area contributed by atoms with Crippen LogP contribution in [0.3, 0.4) is 0 Å². The number of rotatable bonds is 6. The molecule has 0 spiro atoms. The summed E-state index contributed by atoms with van der Waals surface area (Å²) >= 11 is 0. The van der Waals surface area contributed by atoms with Gasteiger partial charge in [-0.1, -0.05) is 32.0 Å². The van der Waals surface area contributed by atoms with Crippen LogP contribution in [0.15, 0.2) is 24.3 Å². The summed E-state index contributed by atoms with van der Waals surface area (Å²) in [5, 5.41) is 9.63. The summed E-state index contributed by atoms with van der Waals surface area (Å²) in [6.45, 7) is 5.50. The molecular weight excluding hydrogens is 232 g/mol. The van der Waals surface area contributed by atoms with Crippen molar-refractivity contribution in [2.45, 2.75) is 26.9 Å². The molecule has 0 fully saturated rings. The van der Waals surface area contributed by atoms with Crippen molar-refractivity contribution in [3.63, 3.8) is 0 Å². The Bertz CT molecular complexity index is 387. The SMILES string of the molecule is Cc1ccccc1OCC(O)COC(=O)C(C)C. The van der Waals surface area contributed by atoms with E-state index in [-0.39, 0.29) is 25.1 Å². The number of hydrogen-bond acceptors (Lipinski definition) is 4. The highest BCUT2D eigenvalue weighted by Crippen LogP contribution is 2.16. The van der Waals surface area contributed by atoms with Crippen molar-refractivity contribution in [3.8, 4) is 5.75 Å². The number of esters is 1. The van der Waals surface area contributed by atoms with Gasteiger partial charge in [0, 0.05) is 0 Å².